The number of hydrogen-bond acceptors (Lipinski definition) is 2. The molecule has 1 unspecified atom stereocenters. The van der Waals surface area contributed by atoms with Gasteiger partial charge >= 0.3 is 5.97 Å². The van der Waals surface area contributed by atoms with E-state index < -0.39 is 17.9 Å². The van der Waals surface area contributed by atoms with Crippen molar-refractivity contribution in [3.8, 4) is 0 Å². The van der Waals surface area contributed by atoms with E-state index >= 15 is 0 Å². The number of carboxylic acids is 1. The van der Waals surface area contributed by atoms with Crippen molar-refractivity contribution in [1.29, 1.82) is 0 Å². The van der Waals surface area contributed by atoms with Gasteiger partial charge in [-0.25, -0.2) is 4.79 Å². The van der Waals surface area contributed by atoms with Crippen LogP contribution in [0.25, 0.3) is 0 Å². The van der Waals surface area contributed by atoms with Crippen molar-refractivity contribution in [3.05, 3.63) is 34.9 Å². The third-order valence-corrected chi connectivity index (χ3v) is 3.66. The zero-order chi connectivity index (χ0) is 16.2. The first-order valence-corrected chi connectivity index (χ1v) is 7.40. The largest absolute Gasteiger partial charge is 0.480 e. The van der Waals surface area contributed by atoms with E-state index in [0.717, 1.165) is 5.56 Å². The maximum absolute atomic E-state index is 12.5. The minimum Gasteiger partial charge on any atom is -0.480 e. The number of carbonyl (C=O) groups is 2. The Labute approximate surface area is 130 Å². The van der Waals surface area contributed by atoms with Gasteiger partial charge in [0.15, 0.2) is 0 Å². The van der Waals surface area contributed by atoms with Crippen molar-refractivity contribution >= 4 is 23.5 Å². The van der Waals surface area contributed by atoms with Crippen molar-refractivity contribution in [3.63, 3.8) is 0 Å². The lowest BCUT2D eigenvalue weighted by Crippen LogP contribution is -2.46. The normalized spacial score (nSPS) is 14.0. The number of aliphatic carboxylic acids is 1. The van der Waals surface area contributed by atoms with Crippen molar-refractivity contribution < 1.29 is 14.7 Å². The van der Waals surface area contributed by atoms with Gasteiger partial charge in [-0.2, -0.15) is 0 Å². The summed E-state index contributed by atoms with van der Waals surface area (Å²) in [5.41, 5.74) is 0.833. The SMILES string of the molecule is CC(C)C(C(=O)N[C@H](C(=O)O)C(C)C)c1ccc(Cl)cc1. The van der Waals surface area contributed by atoms with E-state index in [1.54, 1.807) is 38.1 Å². The second-order valence-electron chi connectivity index (χ2n) is 5.84. The molecule has 0 spiro atoms. The molecule has 4 nitrogen and oxygen atoms in total. The van der Waals surface area contributed by atoms with Crippen LogP contribution in [0.3, 0.4) is 0 Å². The summed E-state index contributed by atoms with van der Waals surface area (Å²) in [5.74, 6) is -1.81. The Kier molecular flexibility index (Phi) is 6.21. The molecule has 0 bridgehead atoms. The highest BCUT2D eigenvalue weighted by Gasteiger charge is 2.30. The molecular formula is C16H22ClNO3. The molecule has 0 saturated heterocycles. The van der Waals surface area contributed by atoms with Crippen LogP contribution in [0.2, 0.25) is 5.02 Å². The topological polar surface area (TPSA) is 66.4 Å². The first-order valence-electron chi connectivity index (χ1n) is 7.02. The summed E-state index contributed by atoms with van der Waals surface area (Å²) in [4.78, 5) is 23.7. The summed E-state index contributed by atoms with van der Waals surface area (Å²) >= 11 is 5.86. The van der Waals surface area contributed by atoms with Crippen LogP contribution in [-0.2, 0) is 9.59 Å². The average Bonchev–Trinajstić information content (AvgIpc) is 2.37. The molecule has 0 fully saturated rings. The van der Waals surface area contributed by atoms with Crippen LogP contribution in [0.15, 0.2) is 24.3 Å². The number of benzene rings is 1. The van der Waals surface area contributed by atoms with Crippen LogP contribution >= 0.6 is 11.6 Å². The summed E-state index contributed by atoms with van der Waals surface area (Å²) in [7, 11) is 0. The number of hydrogen-bond donors (Lipinski definition) is 2. The lowest BCUT2D eigenvalue weighted by molar-refractivity contribution is -0.143. The van der Waals surface area contributed by atoms with Crippen molar-refractivity contribution in [2.75, 3.05) is 0 Å². The maximum atomic E-state index is 12.5. The highest BCUT2D eigenvalue weighted by atomic mass is 35.5. The molecule has 2 atom stereocenters. The number of nitrogens with one attached hydrogen (secondary N) is 1. The van der Waals surface area contributed by atoms with Gasteiger partial charge in [0.05, 0.1) is 5.92 Å². The molecule has 0 aromatic heterocycles. The minimum atomic E-state index is -1.02. The van der Waals surface area contributed by atoms with Gasteiger partial charge in [0, 0.05) is 5.02 Å². The molecule has 0 aliphatic heterocycles. The molecule has 0 aliphatic rings. The van der Waals surface area contributed by atoms with E-state index in [-0.39, 0.29) is 17.7 Å². The van der Waals surface area contributed by atoms with Crippen LogP contribution < -0.4 is 5.32 Å². The minimum absolute atomic E-state index is 0.0489. The van der Waals surface area contributed by atoms with E-state index in [4.69, 9.17) is 11.6 Å². The van der Waals surface area contributed by atoms with Crippen LogP contribution in [0.4, 0.5) is 0 Å². The van der Waals surface area contributed by atoms with E-state index in [9.17, 15) is 14.7 Å². The molecular weight excluding hydrogens is 290 g/mol. The lowest BCUT2D eigenvalue weighted by Gasteiger charge is -2.25. The highest BCUT2D eigenvalue weighted by Crippen LogP contribution is 2.26. The van der Waals surface area contributed by atoms with Gasteiger partial charge in [0.1, 0.15) is 6.04 Å². The molecule has 1 amide bonds. The molecule has 1 rings (SSSR count). The zero-order valence-corrected chi connectivity index (χ0v) is 13.5. The molecule has 0 radical (unpaired) electrons. The Morgan fingerprint density at radius 3 is 1.95 bits per heavy atom. The Morgan fingerprint density at radius 2 is 1.57 bits per heavy atom. The van der Waals surface area contributed by atoms with Gasteiger partial charge in [0.2, 0.25) is 5.91 Å². The van der Waals surface area contributed by atoms with Crippen molar-refractivity contribution in [2.45, 2.75) is 39.7 Å². The first kappa shape index (κ1) is 17.5. The number of amides is 1. The Morgan fingerprint density at radius 1 is 1.05 bits per heavy atom. The summed E-state index contributed by atoms with van der Waals surface area (Å²) in [6.45, 7) is 7.41. The number of halogens is 1. The molecule has 116 valence electrons. The Hall–Kier alpha value is -1.55. The first-order chi connectivity index (χ1) is 9.73. The quantitative estimate of drug-likeness (QED) is 0.847. The lowest BCUT2D eigenvalue weighted by atomic mass is 9.87. The van der Waals surface area contributed by atoms with Crippen molar-refractivity contribution in [2.24, 2.45) is 11.8 Å². The van der Waals surface area contributed by atoms with E-state index in [1.807, 2.05) is 13.8 Å². The standard InChI is InChI=1S/C16H22ClNO3/c1-9(2)13(11-5-7-12(17)8-6-11)15(19)18-14(10(3)4)16(20)21/h5-10,13-14H,1-4H3,(H,18,19)(H,20,21)/t13?,14-/m0/s1. The average molecular weight is 312 g/mol. The summed E-state index contributed by atoms with van der Waals surface area (Å²) in [5, 5.41) is 12.4. The fourth-order valence-corrected chi connectivity index (χ4v) is 2.39. The summed E-state index contributed by atoms with van der Waals surface area (Å²) < 4.78 is 0. The molecule has 21 heavy (non-hydrogen) atoms. The Balaban J connectivity index is 2.98. The van der Waals surface area contributed by atoms with Crippen molar-refractivity contribution in [1.82, 2.24) is 5.32 Å². The van der Waals surface area contributed by atoms with Crippen LogP contribution in [0.1, 0.15) is 39.2 Å². The van der Waals surface area contributed by atoms with Crippen LogP contribution in [0, 0.1) is 11.8 Å². The second kappa shape index (κ2) is 7.46. The smallest absolute Gasteiger partial charge is 0.326 e. The highest BCUT2D eigenvalue weighted by molar-refractivity contribution is 6.30. The van der Waals surface area contributed by atoms with E-state index in [2.05, 4.69) is 5.32 Å². The number of rotatable bonds is 6. The fraction of sp³-hybridized carbons (Fsp3) is 0.500. The molecule has 0 heterocycles. The van der Waals surface area contributed by atoms with E-state index in [1.165, 1.54) is 0 Å². The zero-order valence-electron chi connectivity index (χ0n) is 12.8. The summed E-state index contributed by atoms with van der Waals surface area (Å²) in [6.07, 6.45) is 0. The number of carboxylic acid groups (broad SMARTS) is 1. The van der Waals surface area contributed by atoms with Crippen LogP contribution in [-0.4, -0.2) is 23.0 Å². The number of carbonyl (C=O) groups excluding carboxylic acids is 1. The second-order valence-corrected chi connectivity index (χ2v) is 6.28. The third-order valence-electron chi connectivity index (χ3n) is 3.41. The molecule has 0 saturated carbocycles. The van der Waals surface area contributed by atoms with Gasteiger partial charge in [-0.3, -0.25) is 4.79 Å². The maximum Gasteiger partial charge on any atom is 0.326 e. The molecule has 0 aliphatic carbocycles. The fourth-order valence-electron chi connectivity index (χ4n) is 2.27. The van der Waals surface area contributed by atoms with Crippen LogP contribution in [0.5, 0.6) is 0 Å². The molecule has 1 aromatic rings. The molecule has 1 aromatic carbocycles. The summed E-state index contributed by atoms with van der Waals surface area (Å²) in [6, 6.07) is 6.19. The molecule has 2 N–H and O–H groups in total. The molecule has 5 heteroatoms. The van der Waals surface area contributed by atoms with Gasteiger partial charge in [-0.05, 0) is 29.5 Å². The third kappa shape index (κ3) is 4.74. The van der Waals surface area contributed by atoms with Gasteiger partial charge in [-0.15, -0.1) is 0 Å². The monoisotopic (exact) mass is 311 g/mol. The van der Waals surface area contributed by atoms with Gasteiger partial charge in [-0.1, -0.05) is 51.4 Å². The Bertz CT molecular complexity index is 497. The van der Waals surface area contributed by atoms with E-state index in [0.29, 0.717) is 5.02 Å². The predicted molar refractivity (Wildman–Crippen MR) is 83.4 cm³/mol. The van der Waals surface area contributed by atoms with Gasteiger partial charge < -0.3 is 10.4 Å². The van der Waals surface area contributed by atoms with Gasteiger partial charge in [0.25, 0.3) is 0 Å². The predicted octanol–water partition coefficient (Wildman–Crippen LogP) is 3.31.